The van der Waals surface area contributed by atoms with Gasteiger partial charge in [-0.1, -0.05) is 30.3 Å². The van der Waals surface area contributed by atoms with Crippen LogP contribution in [-0.2, 0) is 0 Å². The van der Waals surface area contributed by atoms with Crippen molar-refractivity contribution in [3.63, 3.8) is 0 Å². The summed E-state index contributed by atoms with van der Waals surface area (Å²) >= 11 is 0. The topological polar surface area (TPSA) is 161 Å². The van der Waals surface area contributed by atoms with Crippen molar-refractivity contribution >= 4 is 40.0 Å². The summed E-state index contributed by atoms with van der Waals surface area (Å²) in [6, 6.07) is 13.3. The molecular formula is C29H34N8O4. The van der Waals surface area contributed by atoms with Crippen LogP contribution in [0.2, 0.25) is 0 Å². The highest BCUT2D eigenvalue weighted by Crippen LogP contribution is 2.31. The summed E-state index contributed by atoms with van der Waals surface area (Å²) in [4.78, 5) is 39.7. The standard InChI is InChI=1S/C29H34N8O4/c1-18-6-3-7-19-8-4-10-22(23(18)19)32-27(38)25-24(31)26(34-28(33-25)41-17-21-9-5-13-35(21)2)36-14-15-37(29(39)40)20(16-36)11-12-30/h3-4,6-8,10,20-21H,5,9,11,13-17,31H2,1-2H3,(H,32,38)(H,39,40)/t20?,21-/m0/s1. The molecule has 0 bridgehead atoms. The van der Waals surface area contributed by atoms with Crippen LogP contribution in [0.25, 0.3) is 10.8 Å². The second-order valence-corrected chi connectivity index (χ2v) is 10.6. The smallest absolute Gasteiger partial charge is 0.407 e. The Morgan fingerprint density at radius 2 is 1.95 bits per heavy atom. The molecule has 0 radical (unpaired) electrons. The number of nitriles is 1. The quantitative estimate of drug-likeness (QED) is 0.392. The molecule has 2 aliphatic rings. The summed E-state index contributed by atoms with van der Waals surface area (Å²) in [6.07, 6.45) is 0.985. The fourth-order valence-electron chi connectivity index (χ4n) is 5.67. The maximum absolute atomic E-state index is 13.7. The van der Waals surface area contributed by atoms with Gasteiger partial charge in [0.15, 0.2) is 11.5 Å². The first-order valence-corrected chi connectivity index (χ1v) is 13.7. The van der Waals surface area contributed by atoms with E-state index in [1.54, 1.807) is 4.90 Å². The van der Waals surface area contributed by atoms with E-state index in [0.717, 1.165) is 35.7 Å². The van der Waals surface area contributed by atoms with Crippen LogP contribution in [0.3, 0.4) is 0 Å². The predicted octanol–water partition coefficient (Wildman–Crippen LogP) is 3.33. The zero-order valence-electron chi connectivity index (χ0n) is 23.2. The SMILES string of the molecule is Cc1cccc2cccc(NC(=O)c3nc(OC[C@@H]4CCCN4C)nc(N4CCN(C(=O)O)C(CC#N)C4)c3N)c12. The highest BCUT2D eigenvalue weighted by molar-refractivity contribution is 6.11. The van der Waals surface area contributed by atoms with Crippen LogP contribution >= 0.6 is 0 Å². The van der Waals surface area contributed by atoms with Gasteiger partial charge < -0.3 is 35.6 Å². The fraction of sp³-hybridized carbons (Fsp3) is 0.414. The molecule has 4 N–H and O–H groups in total. The molecule has 41 heavy (non-hydrogen) atoms. The molecular weight excluding hydrogens is 524 g/mol. The Kier molecular flexibility index (Phi) is 8.07. The van der Waals surface area contributed by atoms with E-state index < -0.39 is 18.0 Å². The van der Waals surface area contributed by atoms with Gasteiger partial charge in [-0.25, -0.2) is 4.79 Å². The van der Waals surface area contributed by atoms with Gasteiger partial charge in [-0.3, -0.25) is 4.79 Å². The molecule has 1 aromatic heterocycles. The number of likely N-dealkylation sites (tertiary alicyclic amines) is 1. The molecule has 3 aromatic rings. The lowest BCUT2D eigenvalue weighted by Gasteiger charge is -2.40. The van der Waals surface area contributed by atoms with Crippen LogP contribution < -0.4 is 20.7 Å². The summed E-state index contributed by atoms with van der Waals surface area (Å²) in [5.74, 6) is -0.232. The van der Waals surface area contributed by atoms with Crippen molar-refractivity contribution in [2.45, 2.75) is 38.3 Å². The third-order valence-electron chi connectivity index (χ3n) is 7.91. The maximum atomic E-state index is 13.7. The van der Waals surface area contributed by atoms with Gasteiger partial charge in [-0.15, -0.1) is 0 Å². The number of nitrogens with two attached hydrogens (primary N) is 1. The first-order chi connectivity index (χ1) is 19.8. The molecule has 2 fully saturated rings. The predicted molar refractivity (Wildman–Crippen MR) is 155 cm³/mol. The maximum Gasteiger partial charge on any atom is 0.407 e. The number of anilines is 3. The highest BCUT2D eigenvalue weighted by atomic mass is 16.5. The number of rotatable bonds is 7. The van der Waals surface area contributed by atoms with Gasteiger partial charge in [0.1, 0.15) is 12.3 Å². The molecule has 0 aliphatic carbocycles. The van der Waals surface area contributed by atoms with Crippen LogP contribution in [-0.4, -0.2) is 88.8 Å². The summed E-state index contributed by atoms with van der Waals surface area (Å²) in [5, 5.41) is 23.8. The minimum atomic E-state index is -1.09. The third-order valence-corrected chi connectivity index (χ3v) is 7.91. The molecule has 5 rings (SSSR count). The molecule has 3 heterocycles. The van der Waals surface area contributed by atoms with Crippen LogP contribution in [0.5, 0.6) is 6.01 Å². The van der Waals surface area contributed by atoms with Gasteiger partial charge in [-0.2, -0.15) is 15.2 Å². The van der Waals surface area contributed by atoms with Crippen LogP contribution in [0.4, 0.5) is 22.0 Å². The van der Waals surface area contributed by atoms with Crippen molar-refractivity contribution in [1.82, 2.24) is 19.8 Å². The molecule has 2 atom stereocenters. The zero-order chi connectivity index (χ0) is 29.1. The number of carbonyl (C=O) groups is 2. The number of nitrogens with zero attached hydrogens (tertiary/aromatic N) is 6. The first-order valence-electron chi connectivity index (χ1n) is 13.7. The average Bonchev–Trinajstić information content (AvgIpc) is 3.37. The highest BCUT2D eigenvalue weighted by Gasteiger charge is 2.33. The van der Waals surface area contributed by atoms with E-state index in [0.29, 0.717) is 12.3 Å². The molecule has 214 valence electrons. The van der Waals surface area contributed by atoms with Crippen molar-refractivity contribution in [3.05, 3.63) is 47.7 Å². The number of nitrogen functional groups attached to an aromatic ring is 1. The second-order valence-electron chi connectivity index (χ2n) is 10.6. The average molecular weight is 559 g/mol. The Morgan fingerprint density at radius 3 is 2.66 bits per heavy atom. The number of aryl methyl sites for hydroxylation is 1. The molecule has 0 saturated carbocycles. The van der Waals surface area contributed by atoms with Gasteiger partial charge in [0, 0.05) is 36.7 Å². The number of amides is 2. The minimum absolute atomic E-state index is 0.0128. The van der Waals surface area contributed by atoms with Crippen LogP contribution in [0, 0.1) is 18.3 Å². The Hall–Kier alpha value is -4.63. The number of ether oxygens (including phenoxy) is 1. The van der Waals surface area contributed by atoms with E-state index in [2.05, 4.69) is 26.3 Å². The van der Waals surface area contributed by atoms with E-state index in [4.69, 9.17) is 10.5 Å². The van der Waals surface area contributed by atoms with E-state index in [9.17, 15) is 20.0 Å². The molecule has 2 amide bonds. The monoisotopic (exact) mass is 558 g/mol. The van der Waals surface area contributed by atoms with Gasteiger partial charge in [-0.05, 0) is 50.4 Å². The Bertz CT molecular complexity index is 1500. The van der Waals surface area contributed by atoms with Gasteiger partial charge in [0.05, 0.1) is 18.5 Å². The molecule has 2 aliphatic heterocycles. The summed E-state index contributed by atoms with van der Waals surface area (Å²) in [7, 11) is 2.04. The van der Waals surface area contributed by atoms with Crippen molar-refractivity contribution in [2.24, 2.45) is 0 Å². The number of carboxylic acid groups (broad SMARTS) is 1. The van der Waals surface area contributed by atoms with E-state index in [1.807, 2.05) is 50.4 Å². The molecule has 2 aromatic carbocycles. The first kappa shape index (κ1) is 27.9. The second kappa shape index (κ2) is 11.9. The zero-order valence-corrected chi connectivity index (χ0v) is 23.2. The Morgan fingerprint density at radius 1 is 1.17 bits per heavy atom. The number of piperazine rings is 1. The number of benzene rings is 2. The number of likely N-dealkylation sites (N-methyl/N-ethyl adjacent to an activating group) is 1. The summed E-state index contributed by atoms with van der Waals surface area (Å²) < 4.78 is 6.03. The number of carbonyl (C=O) groups excluding carboxylic acids is 1. The van der Waals surface area contributed by atoms with E-state index in [1.165, 1.54) is 4.90 Å². The van der Waals surface area contributed by atoms with E-state index in [-0.39, 0.29) is 55.3 Å². The minimum Gasteiger partial charge on any atom is -0.465 e. The Labute approximate surface area is 238 Å². The largest absolute Gasteiger partial charge is 0.465 e. The fourth-order valence-corrected chi connectivity index (χ4v) is 5.67. The van der Waals surface area contributed by atoms with Crippen LogP contribution in [0.15, 0.2) is 36.4 Å². The number of hydrogen-bond acceptors (Lipinski definition) is 9. The number of nitrogens with one attached hydrogen (secondary N) is 1. The third kappa shape index (κ3) is 5.81. The lowest BCUT2D eigenvalue weighted by Crippen LogP contribution is -2.55. The molecule has 0 spiro atoms. The lowest BCUT2D eigenvalue weighted by molar-refractivity contribution is 0.102. The van der Waals surface area contributed by atoms with E-state index >= 15 is 0 Å². The van der Waals surface area contributed by atoms with Gasteiger partial charge >= 0.3 is 12.1 Å². The van der Waals surface area contributed by atoms with Crippen LogP contribution in [0.1, 0.15) is 35.3 Å². The lowest BCUT2D eigenvalue weighted by atomic mass is 10.0. The van der Waals surface area contributed by atoms with Crippen molar-refractivity contribution in [1.29, 1.82) is 5.26 Å². The van der Waals surface area contributed by atoms with Gasteiger partial charge in [0.25, 0.3) is 5.91 Å². The number of hydrogen-bond donors (Lipinski definition) is 3. The van der Waals surface area contributed by atoms with Crippen molar-refractivity contribution in [2.75, 3.05) is 55.8 Å². The Balaban J connectivity index is 1.49. The van der Waals surface area contributed by atoms with Crippen molar-refractivity contribution in [3.8, 4) is 12.1 Å². The molecule has 1 unspecified atom stereocenters. The normalized spacial score (nSPS) is 19.2. The van der Waals surface area contributed by atoms with Crippen molar-refractivity contribution < 1.29 is 19.4 Å². The molecule has 2 saturated heterocycles. The molecule has 12 heteroatoms. The van der Waals surface area contributed by atoms with Gasteiger partial charge in [0.2, 0.25) is 0 Å². The molecule has 12 nitrogen and oxygen atoms in total. The summed E-state index contributed by atoms with van der Waals surface area (Å²) in [5.41, 5.74) is 8.22. The summed E-state index contributed by atoms with van der Waals surface area (Å²) in [6.45, 7) is 3.95. The number of aromatic nitrogens is 2. The number of fused-ring (bicyclic) bond motifs is 1.